The van der Waals surface area contributed by atoms with E-state index in [4.69, 9.17) is 0 Å². The molecular formula is C16H22N4O2. The van der Waals surface area contributed by atoms with E-state index in [0.29, 0.717) is 23.8 Å². The number of fused-ring (bicyclic) bond motifs is 1. The third-order valence-electron chi connectivity index (χ3n) is 4.70. The predicted octanol–water partition coefficient (Wildman–Crippen LogP) is 0.746. The molecule has 6 nitrogen and oxygen atoms in total. The molecule has 6 heteroatoms. The highest BCUT2D eigenvalue weighted by molar-refractivity contribution is 5.93. The molecule has 2 fully saturated rings. The quantitative estimate of drug-likeness (QED) is 0.894. The second-order valence-electron chi connectivity index (χ2n) is 6.06. The van der Waals surface area contributed by atoms with Crippen molar-refractivity contribution in [3.8, 4) is 0 Å². The maximum Gasteiger partial charge on any atom is 0.252 e. The Morgan fingerprint density at radius 3 is 2.41 bits per heavy atom. The highest BCUT2D eigenvalue weighted by Crippen LogP contribution is 2.33. The van der Waals surface area contributed by atoms with Crippen molar-refractivity contribution in [3.05, 3.63) is 23.9 Å². The van der Waals surface area contributed by atoms with Crippen molar-refractivity contribution in [1.82, 2.24) is 15.2 Å². The number of hydrogen-bond acceptors (Lipinski definition) is 4. The molecule has 3 heterocycles. The monoisotopic (exact) mass is 302 g/mol. The van der Waals surface area contributed by atoms with Gasteiger partial charge in [0.2, 0.25) is 5.91 Å². The van der Waals surface area contributed by atoms with Gasteiger partial charge in [-0.05, 0) is 12.1 Å². The van der Waals surface area contributed by atoms with E-state index in [1.807, 2.05) is 24.0 Å². The number of pyridine rings is 1. The van der Waals surface area contributed by atoms with Crippen molar-refractivity contribution in [3.63, 3.8) is 0 Å². The van der Waals surface area contributed by atoms with Crippen molar-refractivity contribution in [2.24, 2.45) is 11.8 Å². The van der Waals surface area contributed by atoms with Crippen LogP contribution in [0.25, 0.3) is 0 Å². The highest BCUT2D eigenvalue weighted by atomic mass is 16.2. The Hall–Kier alpha value is -2.11. The second-order valence-corrected chi connectivity index (χ2v) is 6.06. The van der Waals surface area contributed by atoms with Crippen LogP contribution < -0.4 is 10.2 Å². The first-order chi connectivity index (χ1) is 10.6. The van der Waals surface area contributed by atoms with E-state index >= 15 is 0 Å². The zero-order chi connectivity index (χ0) is 15.7. The third-order valence-corrected chi connectivity index (χ3v) is 4.70. The van der Waals surface area contributed by atoms with E-state index in [1.165, 1.54) is 0 Å². The fraction of sp³-hybridized carbons (Fsp3) is 0.562. The lowest BCUT2D eigenvalue weighted by Crippen LogP contribution is -2.33. The zero-order valence-electron chi connectivity index (χ0n) is 13.1. The minimum Gasteiger partial charge on any atom is -0.356 e. The molecular weight excluding hydrogens is 280 g/mol. The number of carbonyl (C=O) groups is 2. The molecule has 0 bridgehead atoms. The number of carbonyl (C=O) groups excluding carboxylic acids is 2. The van der Waals surface area contributed by atoms with Crippen LogP contribution in [0.5, 0.6) is 0 Å². The van der Waals surface area contributed by atoms with E-state index < -0.39 is 0 Å². The number of nitrogens with zero attached hydrogens (tertiary/aromatic N) is 3. The summed E-state index contributed by atoms with van der Waals surface area (Å²) in [6, 6.07) is 3.71. The summed E-state index contributed by atoms with van der Waals surface area (Å²) < 4.78 is 0. The van der Waals surface area contributed by atoms with Crippen LogP contribution in [-0.4, -0.2) is 54.9 Å². The van der Waals surface area contributed by atoms with Crippen molar-refractivity contribution >= 4 is 17.6 Å². The Labute approximate surface area is 130 Å². The number of amides is 2. The van der Waals surface area contributed by atoms with Crippen LogP contribution in [0.4, 0.5) is 5.82 Å². The molecule has 0 saturated carbocycles. The molecule has 1 N–H and O–H groups in total. The van der Waals surface area contributed by atoms with Crippen LogP contribution in [0.15, 0.2) is 18.3 Å². The zero-order valence-corrected chi connectivity index (χ0v) is 13.1. The Morgan fingerprint density at radius 2 is 1.91 bits per heavy atom. The summed E-state index contributed by atoms with van der Waals surface area (Å²) in [4.78, 5) is 32.0. The summed E-state index contributed by atoms with van der Waals surface area (Å²) >= 11 is 0. The fourth-order valence-corrected chi connectivity index (χ4v) is 3.46. The molecule has 0 radical (unpaired) electrons. The van der Waals surface area contributed by atoms with Gasteiger partial charge in [-0.25, -0.2) is 4.98 Å². The van der Waals surface area contributed by atoms with E-state index in [-0.39, 0.29) is 11.8 Å². The van der Waals surface area contributed by atoms with Crippen LogP contribution >= 0.6 is 0 Å². The smallest absolute Gasteiger partial charge is 0.252 e. The fourth-order valence-electron chi connectivity index (χ4n) is 3.46. The second kappa shape index (κ2) is 5.94. The van der Waals surface area contributed by atoms with Crippen molar-refractivity contribution in [2.45, 2.75) is 13.3 Å². The number of hydrogen-bond donors (Lipinski definition) is 1. The van der Waals surface area contributed by atoms with Crippen molar-refractivity contribution in [1.29, 1.82) is 0 Å². The Bertz CT molecular complexity index is 558. The maximum absolute atomic E-state index is 11.8. The van der Waals surface area contributed by atoms with Gasteiger partial charge in [0.25, 0.3) is 5.91 Å². The summed E-state index contributed by atoms with van der Waals surface area (Å²) in [5.74, 6) is 2.13. The molecule has 118 valence electrons. The van der Waals surface area contributed by atoms with Gasteiger partial charge >= 0.3 is 0 Å². The minimum atomic E-state index is -0.119. The predicted molar refractivity (Wildman–Crippen MR) is 83.7 cm³/mol. The Kier molecular flexibility index (Phi) is 4.00. The molecule has 1 aromatic rings. The highest BCUT2D eigenvalue weighted by Gasteiger charge is 2.41. The van der Waals surface area contributed by atoms with E-state index in [0.717, 1.165) is 32.0 Å². The normalized spacial score (nSPS) is 23.5. The van der Waals surface area contributed by atoms with E-state index in [1.54, 1.807) is 13.2 Å². The first-order valence-electron chi connectivity index (χ1n) is 7.83. The molecule has 0 spiro atoms. The molecule has 2 saturated heterocycles. The van der Waals surface area contributed by atoms with Crippen molar-refractivity contribution in [2.75, 3.05) is 38.1 Å². The molecule has 0 aromatic carbocycles. The number of rotatable bonds is 3. The maximum atomic E-state index is 11.8. The summed E-state index contributed by atoms with van der Waals surface area (Å²) in [6.07, 6.45) is 2.21. The van der Waals surface area contributed by atoms with Crippen LogP contribution in [-0.2, 0) is 4.79 Å². The summed E-state index contributed by atoms with van der Waals surface area (Å²) in [5.41, 5.74) is 0.574. The van der Waals surface area contributed by atoms with Gasteiger partial charge in [0, 0.05) is 57.7 Å². The first kappa shape index (κ1) is 14.8. The minimum absolute atomic E-state index is 0.119. The van der Waals surface area contributed by atoms with E-state index in [2.05, 4.69) is 15.2 Å². The molecule has 2 amide bonds. The standard InChI is InChI=1S/C16H22N4O2/c1-3-15(21)20-9-12-7-19(8-13(12)10-20)14-5-4-11(6-18-14)16(22)17-2/h4-6,12-13H,3,7-10H2,1-2H3,(H,17,22). The first-order valence-corrected chi connectivity index (χ1v) is 7.83. The molecule has 2 aliphatic heterocycles. The number of likely N-dealkylation sites (tertiary alicyclic amines) is 1. The lowest BCUT2D eigenvalue weighted by Gasteiger charge is -2.22. The number of anilines is 1. The summed E-state index contributed by atoms with van der Waals surface area (Å²) in [7, 11) is 1.61. The van der Waals surface area contributed by atoms with Gasteiger partial charge < -0.3 is 15.1 Å². The topological polar surface area (TPSA) is 65.5 Å². The van der Waals surface area contributed by atoms with Crippen LogP contribution in [0.1, 0.15) is 23.7 Å². The average Bonchev–Trinajstić information content (AvgIpc) is 3.12. The molecule has 0 aliphatic carbocycles. The Balaban J connectivity index is 1.63. The van der Waals surface area contributed by atoms with Gasteiger partial charge in [-0.15, -0.1) is 0 Å². The molecule has 22 heavy (non-hydrogen) atoms. The van der Waals surface area contributed by atoms with Crippen LogP contribution in [0.3, 0.4) is 0 Å². The lowest BCUT2D eigenvalue weighted by atomic mass is 10.0. The largest absolute Gasteiger partial charge is 0.356 e. The SMILES string of the molecule is CCC(=O)N1CC2CN(c3ccc(C(=O)NC)cn3)CC2C1. The van der Waals surface area contributed by atoms with Gasteiger partial charge in [-0.2, -0.15) is 0 Å². The third kappa shape index (κ3) is 2.65. The average molecular weight is 302 g/mol. The van der Waals surface area contributed by atoms with Gasteiger partial charge in [0.1, 0.15) is 5.82 Å². The van der Waals surface area contributed by atoms with Crippen LogP contribution in [0, 0.1) is 11.8 Å². The molecule has 3 rings (SSSR count). The van der Waals surface area contributed by atoms with Gasteiger partial charge in [-0.1, -0.05) is 6.92 Å². The van der Waals surface area contributed by atoms with Gasteiger partial charge in [-0.3, -0.25) is 9.59 Å². The number of nitrogens with one attached hydrogen (secondary N) is 1. The Morgan fingerprint density at radius 1 is 1.23 bits per heavy atom. The van der Waals surface area contributed by atoms with Crippen molar-refractivity contribution < 1.29 is 9.59 Å². The van der Waals surface area contributed by atoms with E-state index in [9.17, 15) is 9.59 Å². The molecule has 2 atom stereocenters. The summed E-state index contributed by atoms with van der Waals surface area (Å²) in [5, 5.41) is 2.59. The number of aromatic nitrogens is 1. The molecule has 1 aromatic heterocycles. The summed E-state index contributed by atoms with van der Waals surface area (Å²) in [6.45, 7) is 5.52. The van der Waals surface area contributed by atoms with Gasteiger partial charge in [0.05, 0.1) is 5.56 Å². The lowest BCUT2D eigenvalue weighted by molar-refractivity contribution is -0.130. The molecule has 2 unspecified atom stereocenters. The molecule has 2 aliphatic rings. The van der Waals surface area contributed by atoms with Gasteiger partial charge in [0.15, 0.2) is 0 Å². The van der Waals surface area contributed by atoms with Crippen LogP contribution in [0.2, 0.25) is 0 Å².